The fourth-order valence-electron chi connectivity index (χ4n) is 3.30. The van der Waals surface area contributed by atoms with Crippen molar-refractivity contribution in [3.63, 3.8) is 0 Å². The summed E-state index contributed by atoms with van der Waals surface area (Å²) >= 11 is 3.51. The van der Waals surface area contributed by atoms with E-state index in [-0.39, 0.29) is 0 Å². The summed E-state index contributed by atoms with van der Waals surface area (Å²) in [4.78, 5) is 14.6. The van der Waals surface area contributed by atoms with Gasteiger partial charge >= 0.3 is 0 Å². The molecule has 0 bridgehead atoms. The molecule has 4 N–H and O–H groups in total. The van der Waals surface area contributed by atoms with Crippen molar-refractivity contribution in [3.05, 3.63) is 46.8 Å². The van der Waals surface area contributed by atoms with Crippen molar-refractivity contribution in [1.82, 2.24) is 19.9 Å². The quantitative estimate of drug-likeness (QED) is 0.624. The van der Waals surface area contributed by atoms with Crippen molar-refractivity contribution in [2.75, 3.05) is 18.4 Å². The third kappa shape index (κ3) is 3.68. The van der Waals surface area contributed by atoms with Gasteiger partial charge in [0.25, 0.3) is 0 Å². The van der Waals surface area contributed by atoms with Crippen LogP contribution in [0.1, 0.15) is 18.4 Å². The molecule has 1 aromatic carbocycles. The van der Waals surface area contributed by atoms with Crippen LogP contribution in [0.3, 0.4) is 0 Å². The number of likely N-dealkylation sites (tertiary alicyclic amines) is 1. The van der Waals surface area contributed by atoms with Crippen molar-refractivity contribution in [2.24, 2.45) is 5.73 Å². The molecular formula is C18H21BrN6. The molecule has 0 unspecified atom stereocenters. The van der Waals surface area contributed by atoms with Crippen LogP contribution >= 0.6 is 15.9 Å². The third-order valence-corrected chi connectivity index (χ3v) is 5.16. The maximum Gasteiger partial charge on any atom is 0.143 e. The van der Waals surface area contributed by atoms with E-state index >= 15 is 0 Å². The van der Waals surface area contributed by atoms with Crippen LogP contribution in [-0.2, 0) is 6.54 Å². The van der Waals surface area contributed by atoms with Crippen LogP contribution in [0.4, 0.5) is 11.5 Å². The number of piperidine rings is 1. The van der Waals surface area contributed by atoms with Gasteiger partial charge in [-0.05, 0) is 49.7 Å². The highest BCUT2D eigenvalue weighted by molar-refractivity contribution is 9.10. The highest BCUT2D eigenvalue weighted by Gasteiger charge is 2.19. The van der Waals surface area contributed by atoms with Crippen molar-refractivity contribution in [2.45, 2.75) is 25.4 Å². The van der Waals surface area contributed by atoms with Crippen molar-refractivity contribution in [1.29, 1.82) is 0 Å². The van der Waals surface area contributed by atoms with Gasteiger partial charge in [0.2, 0.25) is 0 Å². The van der Waals surface area contributed by atoms with Gasteiger partial charge in [-0.25, -0.2) is 9.97 Å². The topological polar surface area (TPSA) is 82.9 Å². The Hall–Kier alpha value is -1.96. The van der Waals surface area contributed by atoms with Crippen LogP contribution in [0.25, 0.3) is 11.0 Å². The van der Waals surface area contributed by atoms with Gasteiger partial charge in [0.05, 0.1) is 5.39 Å². The zero-order chi connectivity index (χ0) is 17.2. The summed E-state index contributed by atoms with van der Waals surface area (Å²) in [6.07, 6.45) is 5.74. The summed E-state index contributed by atoms with van der Waals surface area (Å²) in [7, 11) is 0. The number of fused-ring (bicyclic) bond motifs is 1. The Morgan fingerprint density at radius 1 is 1.28 bits per heavy atom. The molecule has 0 amide bonds. The minimum absolute atomic E-state index is 0.344. The molecule has 0 radical (unpaired) electrons. The van der Waals surface area contributed by atoms with E-state index in [1.807, 2.05) is 30.5 Å². The number of anilines is 2. The van der Waals surface area contributed by atoms with E-state index in [1.54, 1.807) is 6.33 Å². The lowest BCUT2D eigenvalue weighted by Crippen LogP contribution is -2.39. The maximum absolute atomic E-state index is 6.02. The van der Waals surface area contributed by atoms with Crippen molar-refractivity contribution >= 4 is 38.5 Å². The summed E-state index contributed by atoms with van der Waals surface area (Å²) in [5.41, 5.74) is 9.08. The van der Waals surface area contributed by atoms with Crippen LogP contribution in [-0.4, -0.2) is 39.0 Å². The number of hydrogen-bond donors (Lipinski definition) is 3. The fourth-order valence-corrected chi connectivity index (χ4v) is 3.70. The van der Waals surface area contributed by atoms with E-state index in [0.29, 0.717) is 6.04 Å². The van der Waals surface area contributed by atoms with E-state index in [4.69, 9.17) is 5.73 Å². The molecule has 0 spiro atoms. The molecule has 2 aromatic heterocycles. The summed E-state index contributed by atoms with van der Waals surface area (Å²) in [5.74, 6) is 0.827. The zero-order valence-electron chi connectivity index (χ0n) is 13.9. The minimum Gasteiger partial charge on any atom is -0.346 e. The molecule has 1 saturated heterocycles. The zero-order valence-corrected chi connectivity index (χ0v) is 15.5. The standard InChI is InChI=1S/C18H21BrN6/c19-13-2-1-3-15(8-13)24-18-16-12(9-21-17(16)22-11-23-18)10-25-6-4-14(20)5-7-25/h1-3,8-9,11,14H,4-7,10,20H2,(H2,21,22,23,24). The van der Waals surface area contributed by atoms with Gasteiger partial charge in [-0.3, -0.25) is 4.90 Å². The predicted molar refractivity (Wildman–Crippen MR) is 104 cm³/mol. The van der Waals surface area contributed by atoms with Gasteiger partial charge in [0.15, 0.2) is 0 Å². The Morgan fingerprint density at radius 2 is 2.12 bits per heavy atom. The average Bonchev–Trinajstić information content (AvgIpc) is 3.01. The predicted octanol–water partition coefficient (Wildman–Crippen LogP) is 3.39. The smallest absolute Gasteiger partial charge is 0.143 e. The number of nitrogens with two attached hydrogens (primary N) is 1. The lowest BCUT2D eigenvalue weighted by Gasteiger charge is -2.29. The van der Waals surface area contributed by atoms with E-state index in [1.165, 1.54) is 5.56 Å². The first kappa shape index (κ1) is 16.5. The lowest BCUT2D eigenvalue weighted by atomic mass is 10.1. The van der Waals surface area contributed by atoms with Gasteiger partial charge in [0.1, 0.15) is 17.8 Å². The number of halogens is 1. The van der Waals surface area contributed by atoms with Gasteiger partial charge < -0.3 is 16.0 Å². The van der Waals surface area contributed by atoms with Gasteiger partial charge in [-0.15, -0.1) is 0 Å². The number of benzene rings is 1. The van der Waals surface area contributed by atoms with Gasteiger partial charge in [-0.1, -0.05) is 22.0 Å². The Bertz CT molecular complexity index is 869. The van der Waals surface area contributed by atoms with Crippen LogP contribution < -0.4 is 11.1 Å². The highest BCUT2D eigenvalue weighted by Crippen LogP contribution is 2.28. The number of nitrogens with zero attached hydrogens (tertiary/aromatic N) is 3. The Kier molecular flexibility index (Phi) is 4.70. The second-order valence-electron chi connectivity index (χ2n) is 6.51. The first-order valence-electron chi connectivity index (χ1n) is 8.50. The van der Waals surface area contributed by atoms with Crippen molar-refractivity contribution in [3.8, 4) is 0 Å². The Labute approximate surface area is 155 Å². The molecular weight excluding hydrogens is 380 g/mol. The summed E-state index contributed by atoms with van der Waals surface area (Å²) < 4.78 is 1.03. The number of aromatic amines is 1. The van der Waals surface area contributed by atoms with E-state index in [2.05, 4.69) is 41.1 Å². The molecule has 6 nitrogen and oxygen atoms in total. The van der Waals surface area contributed by atoms with Crippen molar-refractivity contribution < 1.29 is 0 Å². The molecule has 3 aromatic rings. The summed E-state index contributed by atoms with van der Waals surface area (Å²) in [6, 6.07) is 8.41. The molecule has 0 atom stereocenters. The first-order chi connectivity index (χ1) is 12.2. The molecule has 25 heavy (non-hydrogen) atoms. The molecule has 3 heterocycles. The molecule has 1 aliphatic heterocycles. The fraction of sp³-hybridized carbons (Fsp3) is 0.333. The second-order valence-corrected chi connectivity index (χ2v) is 7.42. The second kappa shape index (κ2) is 7.11. The summed E-state index contributed by atoms with van der Waals surface area (Å²) in [5, 5.41) is 4.47. The van der Waals surface area contributed by atoms with E-state index in [9.17, 15) is 0 Å². The Morgan fingerprint density at radius 3 is 2.92 bits per heavy atom. The number of rotatable bonds is 4. The van der Waals surface area contributed by atoms with Gasteiger partial charge in [-0.2, -0.15) is 0 Å². The number of hydrogen-bond acceptors (Lipinski definition) is 5. The monoisotopic (exact) mass is 400 g/mol. The number of nitrogens with one attached hydrogen (secondary N) is 2. The van der Waals surface area contributed by atoms with Crippen LogP contribution in [0.5, 0.6) is 0 Å². The summed E-state index contributed by atoms with van der Waals surface area (Å²) in [6.45, 7) is 2.96. The molecule has 0 saturated carbocycles. The largest absolute Gasteiger partial charge is 0.346 e. The normalized spacial score (nSPS) is 16.4. The average molecular weight is 401 g/mol. The molecule has 1 aliphatic rings. The lowest BCUT2D eigenvalue weighted by molar-refractivity contribution is 0.206. The molecule has 1 fully saturated rings. The third-order valence-electron chi connectivity index (χ3n) is 4.67. The van der Waals surface area contributed by atoms with Crippen LogP contribution in [0.2, 0.25) is 0 Å². The molecule has 0 aliphatic carbocycles. The van der Waals surface area contributed by atoms with E-state index < -0.39 is 0 Å². The number of H-pyrrole nitrogens is 1. The van der Waals surface area contributed by atoms with Crippen LogP contribution in [0, 0.1) is 0 Å². The van der Waals surface area contributed by atoms with Gasteiger partial charge in [0, 0.05) is 28.9 Å². The van der Waals surface area contributed by atoms with Crippen LogP contribution in [0.15, 0.2) is 41.3 Å². The maximum atomic E-state index is 6.02. The molecule has 7 heteroatoms. The SMILES string of the molecule is NC1CCN(Cc2c[nH]c3ncnc(Nc4cccc(Br)c4)c23)CC1. The van der Waals surface area contributed by atoms with E-state index in [0.717, 1.165) is 59.5 Å². The number of aromatic nitrogens is 3. The minimum atomic E-state index is 0.344. The molecule has 4 rings (SSSR count). The first-order valence-corrected chi connectivity index (χ1v) is 9.30. The Balaban J connectivity index is 1.62. The molecule has 130 valence electrons. The highest BCUT2D eigenvalue weighted by atomic mass is 79.9.